The van der Waals surface area contributed by atoms with E-state index in [0.717, 1.165) is 22.0 Å². The molecule has 0 fully saturated rings. The Balaban J connectivity index is 2.24. The van der Waals surface area contributed by atoms with Gasteiger partial charge < -0.3 is 0 Å². The number of amides is 2. The van der Waals surface area contributed by atoms with E-state index in [9.17, 15) is 9.59 Å². The summed E-state index contributed by atoms with van der Waals surface area (Å²) >= 11 is 36.0. The SMILES string of the molecule is O=CN(SSN(C=O)c1ccc(Cl)c(Cl)c1Cl)c1ccc(Cl)c(Cl)c1Cl. The molecular weight excluding hydrogens is 505 g/mol. The molecule has 0 saturated carbocycles. The van der Waals surface area contributed by atoms with Gasteiger partial charge in [-0.15, -0.1) is 0 Å². The minimum absolute atomic E-state index is 0.101. The first-order valence-electron chi connectivity index (χ1n) is 6.42. The summed E-state index contributed by atoms with van der Waals surface area (Å²) in [6.07, 6.45) is 1.03. The maximum absolute atomic E-state index is 11.4. The first kappa shape index (κ1) is 22.1. The van der Waals surface area contributed by atoms with E-state index < -0.39 is 0 Å². The molecule has 2 amide bonds. The zero-order chi connectivity index (χ0) is 19.4. The molecule has 2 rings (SSSR count). The Morgan fingerprint density at radius 3 is 1.27 bits per heavy atom. The van der Waals surface area contributed by atoms with Gasteiger partial charge in [-0.05, 0) is 24.3 Å². The zero-order valence-electron chi connectivity index (χ0n) is 12.3. The van der Waals surface area contributed by atoms with Gasteiger partial charge in [0.2, 0.25) is 12.8 Å². The quantitative estimate of drug-likeness (QED) is 0.168. The maximum atomic E-state index is 11.4. The lowest BCUT2D eigenvalue weighted by molar-refractivity contribution is -0.107. The normalized spacial score (nSPS) is 10.5. The van der Waals surface area contributed by atoms with Crippen LogP contribution in [0.3, 0.4) is 0 Å². The van der Waals surface area contributed by atoms with Crippen LogP contribution in [0.25, 0.3) is 0 Å². The molecule has 0 atom stereocenters. The number of carbonyl (C=O) groups is 2. The fourth-order valence-electron chi connectivity index (χ4n) is 1.67. The molecule has 0 N–H and O–H groups in total. The van der Waals surface area contributed by atoms with Crippen LogP contribution >= 0.6 is 91.6 Å². The van der Waals surface area contributed by atoms with Gasteiger partial charge in [0.25, 0.3) is 0 Å². The van der Waals surface area contributed by atoms with E-state index in [1.807, 2.05) is 0 Å². The summed E-state index contributed by atoms with van der Waals surface area (Å²) in [4.78, 5) is 22.9. The topological polar surface area (TPSA) is 40.6 Å². The van der Waals surface area contributed by atoms with E-state index in [2.05, 4.69) is 0 Å². The highest BCUT2D eigenvalue weighted by molar-refractivity contribution is 8.78. The number of halogens is 6. The molecule has 0 aliphatic rings. The lowest BCUT2D eigenvalue weighted by Gasteiger charge is -2.22. The molecule has 0 aliphatic heterocycles. The van der Waals surface area contributed by atoms with Gasteiger partial charge in [0.05, 0.1) is 63.5 Å². The number of carbonyl (C=O) groups excluding carboxylic acids is 2. The van der Waals surface area contributed by atoms with Crippen LogP contribution in [0.4, 0.5) is 11.4 Å². The van der Waals surface area contributed by atoms with Crippen molar-refractivity contribution in [3.63, 3.8) is 0 Å². The summed E-state index contributed by atoms with van der Waals surface area (Å²) in [6, 6.07) is 6.05. The van der Waals surface area contributed by atoms with Crippen LogP contribution in [0.15, 0.2) is 24.3 Å². The van der Waals surface area contributed by atoms with E-state index in [1.54, 1.807) is 0 Å². The number of hydrogen-bond donors (Lipinski definition) is 0. The second-order valence-corrected chi connectivity index (χ2v) is 8.71. The third kappa shape index (κ3) is 4.80. The Morgan fingerprint density at radius 2 is 0.962 bits per heavy atom. The number of rotatable bonds is 7. The van der Waals surface area contributed by atoms with E-state index in [1.165, 1.54) is 32.9 Å². The largest absolute Gasteiger partial charge is 0.277 e. The summed E-state index contributed by atoms with van der Waals surface area (Å²) in [5.41, 5.74) is 0.610. The Labute approximate surface area is 187 Å². The zero-order valence-corrected chi connectivity index (χ0v) is 18.4. The van der Waals surface area contributed by atoms with Crippen LogP contribution in [0, 0.1) is 0 Å². The van der Waals surface area contributed by atoms with Gasteiger partial charge in [-0.25, -0.2) is 8.61 Å². The van der Waals surface area contributed by atoms with Crippen LogP contribution in [0.5, 0.6) is 0 Å². The molecule has 0 spiro atoms. The van der Waals surface area contributed by atoms with Crippen molar-refractivity contribution in [3.8, 4) is 0 Å². The molecule has 2 aromatic rings. The van der Waals surface area contributed by atoms with Crippen molar-refractivity contribution in [1.29, 1.82) is 0 Å². The monoisotopic (exact) mass is 508 g/mol. The molecule has 0 aliphatic carbocycles. The molecule has 12 heteroatoms. The highest BCUT2D eigenvalue weighted by Crippen LogP contribution is 2.45. The van der Waals surface area contributed by atoms with Crippen LogP contribution in [0.2, 0.25) is 30.1 Å². The summed E-state index contributed by atoms with van der Waals surface area (Å²) < 4.78 is 2.36. The van der Waals surface area contributed by atoms with Gasteiger partial charge in [0, 0.05) is 0 Å². The van der Waals surface area contributed by atoms with Crippen molar-refractivity contribution in [1.82, 2.24) is 0 Å². The van der Waals surface area contributed by atoms with Crippen LogP contribution < -0.4 is 8.61 Å². The first-order chi connectivity index (χ1) is 12.3. The Bertz CT molecular complexity index is 785. The van der Waals surface area contributed by atoms with Gasteiger partial charge in [-0.3, -0.25) is 9.59 Å². The fraction of sp³-hybridized carbons (Fsp3) is 0. The van der Waals surface area contributed by atoms with Gasteiger partial charge >= 0.3 is 0 Å². The summed E-state index contributed by atoms with van der Waals surface area (Å²) in [5.74, 6) is 0. The van der Waals surface area contributed by atoms with E-state index in [0.29, 0.717) is 24.2 Å². The average molecular weight is 511 g/mol. The third-order valence-corrected chi connectivity index (χ3v) is 7.57. The van der Waals surface area contributed by atoms with Crippen molar-refractivity contribution in [2.45, 2.75) is 0 Å². The molecule has 4 nitrogen and oxygen atoms in total. The van der Waals surface area contributed by atoms with Crippen LogP contribution in [0.1, 0.15) is 0 Å². The van der Waals surface area contributed by atoms with Gasteiger partial charge in [0.15, 0.2) is 0 Å². The Hall–Kier alpha value is -0.180. The van der Waals surface area contributed by atoms with Gasteiger partial charge in [-0.2, -0.15) is 0 Å². The molecule has 138 valence electrons. The molecule has 2 aromatic carbocycles. The predicted octanol–water partition coefficient (Wildman–Crippen LogP) is 7.44. The van der Waals surface area contributed by atoms with Gasteiger partial charge in [0.1, 0.15) is 0 Å². The summed E-state index contributed by atoms with van der Waals surface area (Å²) in [5, 5.41) is 0.933. The summed E-state index contributed by atoms with van der Waals surface area (Å²) in [6.45, 7) is 0. The van der Waals surface area contributed by atoms with Crippen molar-refractivity contribution >= 4 is 116 Å². The van der Waals surface area contributed by atoms with E-state index in [-0.39, 0.29) is 30.1 Å². The van der Waals surface area contributed by atoms with Crippen molar-refractivity contribution < 1.29 is 9.59 Å². The molecule has 0 aromatic heterocycles. The molecule has 26 heavy (non-hydrogen) atoms. The van der Waals surface area contributed by atoms with Crippen molar-refractivity contribution in [2.75, 3.05) is 8.61 Å². The highest BCUT2D eigenvalue weighted by atomic mass is 35.5. The van der Waals surface area contributed by atoms with Crippen LogP contribution in [-0.4, -0.2) is 12.8 Å². The molecule has 0 unspecified atom stereocenters. The summed E-state index contributed by atoms with van der Waals surface area (Å²) in [7, 11) is 1.81. The third-order valence-electron chi connectivity index (χ3n) is 2.89. The highest BCUT2D eigenvalue weighted by Gasteiger charge is 2.20. The predicted molar refractivity (Wildman–Crippen MR) is 115 cm³/mol. The molecule has 0 radical (unpaired) electrons. The molecule has 0 bridgehead atoms. The second-order valence-electron chi connectivity index (χ2n) is 4.40. The smallest absolute Gasteiger partial charge is 0.225 e. The average Bonchev–Trinajstić information content (AvgIpc) is 2.63. The van der Waals surface area contributed by atoms with E-state index in [4.69, 9.17) is 69.6 Å². The van der Waals surface area contributed by atoms with Crippen LogP contribution in [-0.2, 0) is 9.59 Å². The number of nitrogens with zero attached hydrogens (tertiary/aromatic N) is 2. The molecule has 0 saturated heterocycles. The maximum Gasteiger partial charge on any atom is 0.225 e. The standard InChI is InChI=1S/C14H6Cl6N2O2S2/c15-7-1-3-9(13(19)11(7)17)21(5-23)25-26-22(6-24)10-4-2-8(16)12(18)14(10)20/h1-6H. The minimum Gasteiger partial charge on any atom is -0.277 e. The Kier molecular flexibility index (Phi) is 8.37. The number of benzene rings is 2. The number of hydrogen-bond acceptors (Lipinski definition) is 4. The van der Waals surface area contributed by atoms with Crippen molar-refractivity contribution in [3.05, 3.63) is 54.4 Å². The first-order valence-corrected chi connectivity index (χ1v) is 10.8. The molecule has 0 heterocycles. The minimum atomic E-state index is 0.101. The van der Waals surface area contributed by atoms with Crippen molar-refractivity contribution in [2.24, 2.45) is 0 Å². The van der Waals surface area contributed by atoms with Gasteiger partial charge in [-0.1, -0.05) is 69.6 Å². The van der Waals surface area contributed by atoms with E-state index >= 15 is 0 Å². The lowest BCUT2D eigenvalue weighted by atomic mass is 10.3. The Morgan fingerprint density at radius 1 is 0.615 bits per heavy atom. The lowest BCUT2D eigenvalue weighted by Crippen LogP contribution is -2.15. The fourth-order valence-corrected chi connectivity index (χ4v) is 4.82. The number of anilines is 2. The molecular formula is C14H6Cl6N2O2S2. The second kappa shape index (κ2) is 9.85.